The molecule has 1 aromatic heterocycles. The Morgan fingerprint density at radius 3 is 2.65 bits per heavy atom. The number of benzene rings is 1. The van der Waals surface area contributed by atoms with Crippen LogP contribution in [-0.2, 0) is 11.2 Å². The summed E-state index contributed by atoms with van der Waals surface area (Å²) in [5, 5.41) is 1.16. The number of hydrogen-bond acceptors (Lipinski definition) is 3. The van der Waals surface area contributed by atoms with Gasteiger partial charge in [-0.25, -0.2) is 0 Å². The van der Waals surface area contributed by atoms with Crippen molar-refractivity contribution in [1.29, 1.82) is 0 Å². The van der Waals surface area contributed by atoms with Crippen LogP contribution in [-0.4, -0.2) is 49.8 Å². The van der Waals surface area contributed by atoms with E-state index in [2.05, 4.69) is 41.0 Å². The number of hydrogen-bond donors (Lipinski definition) is 1. The monoisotopic (exact) mass is 366 g/mol. The molecule has 1 fully saturated rings. The summed E-state index contributed by atoms with van der Waals surface area (Å²) in [6, 6.07) is 6.08. The SMILES string of the molecule is CN(C)CCc1c[nH]c2cccc(OCC3CCC(OC(F)F)CC3)c12. The first-order valence-electron chi connectivity index (χ1n) is 9.33. The summed E-state index contributed by atoms with van der Waals surface area (Å²) < 4.78 is 35.4. The van der Waals surface area contributed by atoms with Crippen molar-refractivity contribution in [1.82, 2.24) is 9.88 Å². The zero-order valence-electron chi connectivity index (χ0n) is 15.5. The van der Waals surface area contributed by atoms with Crippen molar-refractivity contribution in [3.8, 4) is 5.75 Å². The molecule has 26 heavy (non-hydrogen) atoms. The Morgan fingerprint density at radius 1 is 1.19 bits per heavy atom. The maximum atomic E-state index is 12.3. The second-order valence-electron chi connectivity index (χ2n) is 7.40. The van der Waals surface area contributed by atoms with Crippen LogP contribution >= 0.6 is 0 Å². The molecule has 1 aliphatic rings. The molecule has 1 aromatic carbocycles. The van der Waals surface area contributed by atoms with Crippen LogP contribution in [0.4, 0.5) is 8.78 Å². The number of aromatic amines is 1. The fraction of sp³-hybridized carbons (Fsp3) is 0.600. The Morgan fingerprint density at radius 2 is 1.96 bits per heavy atom. The van der Waals surface area contributed by atoms with E-state index in [1.165, 1.54) is 5.56 Å². The molecule has 0 atom stereocenters. The van der Waals surface area contributed by atoms with Gasteiger partial charge in [0, 0.05) is 23.6 Å². The Balaban J connectivity index is 1.60. The highest BCUT2D eigenvalue weighted by molar-refractivity contribution is 5.89. The maximum absolute atomic E-state index is 12.3. The van der Waals surface area contributed by atoms with Crippen molar-refractivity contribution >= 4 is 10.9 Å². The van der Waals surface area contributed by atoms with Crippen LogP contribution in [0.3, 0.4) is 0 Å². The van der Waals surface area contributed by atoms with Gasteiger partial charge in [0.15, 0.2) is 0 Å². The minimum absolute atomic E-state index is 0.308. The molecule has 0 saturated heterocycles. The average molecular weight is 366 g/mol. The lowest BCUT2D eigenvalue weighted by atomic mass is 9.88. The highest BCUT2D eigenvalue weighted by Crippen LogP contribution is 2.32. The second kappa shape index (κ2) is 8.82. The molecule has 0 unspecified atom stereocenters. The molecule has 144 valence electrons. The lowest BCUT2D eigenvalue weighted by Crippen LogP contribution is -2.26. The number of rotatable bonds is 8. The Labute approximate surface area is 153 Å². The third-order valence-electron chi connectivity index (χ3n) is 5.14. The molecule has 1 heterocycles. The molecule has 1 aliphatic carbocycles. The first-order valence-corrected chi connectivity index (χ1v) is 9.33. The Kier molecular flexibility index (Phi) is 6.48. The molecule has 3 rings (SSSR count). The van der Waals surface area contributed by atoms with Crippen molar-refractivity contribution < 1.29 is 18.3 Å². The lowest BCUT2D eigenvalue weighted by Gasteiger charge is -2.28. The predicted molar refractivity (Wildman–Crippen MR) is 98.9 cm³/mol. The van der Waals surface area contributed by atoms with Gasteiger partial charge < -0.3 is 19.4 Å². The summed E-state index contributed by atoms with van der Waals surface area (Å²) in [7, 11) is 4.14. The summed E-state index contributed by atoms with van der Waals surface area (Å²) in [6.07, 6.45) is 5.82. The molecule has 1 N–H and O–H groups in total. The highest BCUT2D eigenvalue weighted by atomic mass is 19.3. The zero-order chi connectivity index (χ0) is 18.5. The normalized spacial score (nSPS) is 21.0. The van der Waals surface area contributed by atoms with Crippen molar-refractivity contribution in [3.05, 3.63) is 30.0 Å². The molecule has 0 radical (unpaired) electrons. The minimum Gasteiger partial charge on any atom is -0.493 e. The summed E-state index contributed by atoms with van der Waals surface area (Å²) in [4.78, 5) is 5.50. The van der Waals surface area contributed by atoms with E-state index in [9.17, 15) is 8.78 Å². The van der Waals surface area contributed by atoms with Crippen LogP contribution < -0.4 is 4.74 Å². The van der Waals surface area contributed by atoms with Crippen LogP contribution in [0.15, 0.2) is 24.4 Å². The molecule has 0 amide bonds. The number of halogens is 2. The number of aromatic nitrogens is 1. The molecule has 0 spiro atoms. The second-order valence-corrected chi connectivity index (χ2v) is 7.40. The fourth-order valence-corrected chi connectivity index (χ4v) is 3.67. The zero-order valence-corrected chi connectivity index (χ0v) is 15.5. The van der Waals surface area contributed by atoms with Gasteiger partial charge >= 0.3 is 6.61 Å². The van der Waals surface area contributed by atoms with E-state index < -0.39 is 6.61 Å². The standard InChI is InChI=1S/C20H28F2N2O2/c1-24(2)11-10-15-12-23-17-4-3-5-18(19(15)17)25-13-14-6-8-16(9-7-14)26-20(21)22/h3-5,12,14,16,20,23H,6-11,13H2,1-2H3. The molecular formula is C20H28F2N2O2. The van der Waals surface area contributed by atoms with Gasteiger partial charge in [0.2, 0.25) is 0 Å². The van der Waals surface area contributed by atoms with Crippen LogP contribution in [0.25, 0.3) is 10.9 Å². The van der Waals surface area contributed by atoms with Crippen LogP contribution in [0.2, 0.25) is 0 Å². The quantitative estimate of drug-likeness (QED) is 0.750. The topological polar surface area (TPSA) is 37.5 Å². The van der Waals surface area contributed by atoms with Gasteiger partial charge in [-0.15, -0.1) is 0 Å². The number of likely N-dealkylation sites (N-methyl/N-ethyl adjacent to an activating group) is 1. The third kappa shape index (κ3) is 4.95. The summed E-state index contributed by atoms with van der Waals surface area (Å²) in [5.41, 5.74) is 2.35. The van der Waals surface area contributed by atoms with Crippen molar-refractivity contribution in [3.63, 3.8) is 0 Å². The van der Waals surface area contributed by atoms with E-state index in [-0.39, 0.29) is 6.10 Å². The fourth-order valence-electron chi connectivity index (χ4n) is 3.67. The molecule has 0 bridgehead atoms. The Bertz CT molecular complexity index is 694. The van der Waals surface area contributed by atoms with E-state index in [0.29, 0.717) is 25.4 Å². The number of fused-ring (bicyclic) bond motifs is 1. The van der Waals surface area contributed by atoms with Gasteiger partial charge in [-0.1, -0.05) is 6.07 Å². The number of ether oxygens (including phenoxy) is 2. The molecule has 4 nitrogen and oxygen atoms in total. The van der Waals surface area contributed by atoms with Crippen molar-refractivity contribution in [2.24, 2.45) is 5.92 Å². The average Bonchev–Trinajstić information content (AvgIpc) is 3.02. The van der Waals surface area contributed by atoms with Crippen molar-refractivity contribution in [2.75, 3.05) is 27.2 Å². The molecule has 0 aliphatic heterocycles. The van der Waals surface area contributed by atoms with Crippen LogP contribution in [0, 0.1) is 5.92 Å². The van der Waals surface area contributed by atoms with Gasteiger partial charge in [0.25, 0.3) is 0 Å². The van der Waals surface area contributed by atoms with Crippen molar-refractivity contribution in [2.45, 2.75) is 44.8 Å². The summed E-state index contributed by atoms with van der Waals surface area (Å²) in [6.45, 7) is -1.06. The highest BCUT2D eigenvalue weighted by Gasteiger charge is 2.24. The van der Waals surface area contributed by atoms with Gasteiger partial charge in [0.05, 0.1) is 12.7 Å². The first kappa shape index (κ1) is 19.1. The number of nitrogens with one attached hydrogen (secondary N) is 1. The third-order valence-corrected chi connectivity index (χ3v) is 5.14. The minimum atomic E-state index is -2.67. The van der Waals surface area contributed by atoms with Gasteiger partial charge in [-0.05, 0) is 69.8 Å². The predicted octanol–water partition coefficient (Wildman–Crippen LogP) is 4.45. The van der Waals surface area contributed by atoms with E-state index >= 15 is 0 Å². The first-order chi connectivity index (χ1) is 12.5. The molecule has 6 heteroatoms. The van der Waals surface area contributed by atoms with Gasteiger partial charge in [-0.3, -0.25) is 0 Å². The van der Waals surface area contributed by atoms with Gasteiger partial charge in [0.1, 0.15) is 5.75 Å². The smallest absolute Gasteiger partial charge is 0.345 e. The maximum Gasteiger partial charge on any atom is 0.345 e. The van der Waals surface area contributed by atoms with E-state index in [1.807, 2.05) is 12.1 Å². The summed E-state index contributed by atoms with van der Waals surface area (Å²) >= 11 is 0. The van der Waals surface area contributed by atoms with Crippen LogP contribution in [0.5, 0.6) is 5.75 Å². The number of alkyl halides is 2. The largest absolute Gasteiger partial charge is 0.493 e. The van der Waals surface area contributed by atoms with E-state index in [4.69, 9.17) is 4.74 Å². The number of H-pyrrole nitrogens is 1. The molecule has 1 saturated carbocycles. The molecule has 2 aromatic rings. The Hall–Kier alpha value is -1.66. The lowest BCUT2D eigenvalue weighted by molar-refractivity contribution is -0.171. The molecular weight excluding hydrogens is 338 g/mol. The van der Waals surface area contributed by atoms with Crippen LogP contribution in [0.1, 0.15) is 31.2 Å². The summed E-state index contributed by atoms with van der Waals surface area (Å²) in [5.74, 6) is 1.30. The van der Waals surface area contributed by atoms with Gasteiger partial charge in [-0.2, -0.15) is 8.78 Å². The van der Waals surface area contributed by atoms with E-state index in [1.54, 1.807) is 0 Å². The number of nitrogens with zero attached hydrogens (tertiary/aromatic N) is 1. The van der Waals surface area contributed by atoms with E-state index in [0.717, 1.165) is 42.5 Å².